The van der Waals surface area contributed by atoms with E-state index in [2.05, 4.69) is 4.90 Å². The summed E-state index contributed by atoms with van der Waals surface area (Å²) in [6, 6.07) is 0.714. The van der Waals surface area contributed by atoms with Crippen LogP contribution in [0.15, 0.2) is 0 Å². The van der Waals surface area contributed by atoms with Crippen LogP contribution in [0.3, 0.4) is 0 Å². The zero-order chi connectivity index (χ0) is 15.2. The predicted molar refractivity (Wildman–Crippen MR) is 84.1 cm³/mol. The minimum Gasteiger partial charge on any atom is -0.381 e. The quantitative estimate of drug-likeness (QED) is 0.829. The van der Waals surface area contributed by atoms with Gasteiger partial charge in [0, 0.05) is 39.3 Å². The Labute approximate surface area is 128 Å². The van der Waals surface area contributed by atoms with Crippen molar-refractivity contribution in [3.05, 3.63) is 0 Å². The lowest BCUT2D eigenvalue weighted by Gasteiger charge is -2.39. The molecule has 0 radical (unpaired) electrons. The second kappa shape index (κ2) is 8.11. The number of nitrogens with two attached hydrogens (primary N) is 1. The zero-order valence-corrected chi connectivity index (χ0v) is 13.6. The van der Waals surface area contributed by atoms with Crippen LogP contribution in [-0.2, 0) is 9.53 Å². The molecule has 0 spiro atoms. The van der Waals surface area contributed by atoms with Gasteiger partial charge in [-0.2, -0.15) is 0 Å². The number of rotatable bonds is 5. The Morgan fingerprint density at radius 3 is 2.62 bits per heavy atom. The highest BCUT2D eigenvalue weighted by molar-refractivity contribution is 5.78. The van der Waals surface area contributed by atoms with Crippen molar-refractivity contribution in [2.24, 2.45) is 5.73 Å². The third-order valence-corrected chi connectivity index (χ3v) is 5.25. The minimum atomic E-state index is 0.246. The Hall–Kier alpha value is -0.650. The first kappa shape index (κ1) is 16.7. The monoisotopic (exact) mass is 297 g/mol. The largest absolute Gasteiger partial charge is 0.381 e. The van der Waals surface area contributed by atoms with E-state index in [9.17, 15) is 4.79 Å². The topological polar surface area (TPSA) is 58.8 Å². The molecule has 0 aromatic carbocycles. The summed E-state index contributed by atoms with van der Waals surface area (Å²) in [7, 11) is 3.73. The Bertz CT molecular complexity index is 331. The van der Waals surface area contributed by atoms with Crippen molar-refractivity contribution in [1.29, 1.82) is 0 Å². The molecule has 1 amide bonds. The lowest BCUT2D eigenvalue weighted by atomic mass is 9.94. The molecule has 2 unspecified atom stereocenters. The van der Waals surface area contributed by atoms with Crippen molar-refractivity contribution < 1.29 is 9.53 Å². The van der Waals surface area contributed by atoms with E-state index < -0.39 is 0 Å². The summed E-state index contributed by atoms with van der Waals surface area (Å²) in [6.07, 6.45) is 8.38. The van der Waals surface area contributed by atoms with Crippen LogP contribution in [0.4, 0.5) is 0 Å². The summed E-state index contributed by atoms with van der Waals surface area (Å²) >= 11 is 0. The van der Waals surface area contributed by atoms with Crippen LogP contribution in [0.1, 0.15) is 44.9 Å². The molecule has 2 N–H and O–H groups in total. The Morgan fingerprint density at radius 2 is 2.00 bits per heavy atom. The molecule has 2 rings (SSSR count). The SMILES string of the molecule is COC1CCN(CC(=O)N(C)C2CCCCC2)C(CN)C1. The van der Waals surface area contributed by atoms with Crippen LogP contribution >= 0.6 is 0 Å². The Morgan fingerprint density at radius 1 is 1.29 bits per heavy atom. The summed E-state index contributed by atoms with van der Waals surface area (Å²) in [5.74, 6) is 0.246. The van der Waals surface area contributed by atoms with E-state index in [0.717, 1.165) is 32.2 Å². The Kier molecular flexibility index (Phi) is 6.45. The van der Waals surface area contributed by atoms with Gasteiger partial charge in [0.2, 0.25) is 5.91 Å². The van der Waals surface area contributed by atoms with Crippen LogP contribution in [0.5, 0.6) is 0 Å². The van der Waals surface area contributed by atoms with E-state index in [-0.39, 0.29) is 11.9 Å². The maximum atomic E-state index is 12.5. The van der Waals surface area contributed by atoms with Gasteiger partial charge in [0.05, 0.1) is 12.6 Å². The lowest BCUT2D eigenvalue weighted by molar-refractivity contribution is -0.135. The fraction of sp³-hybridized carbons (Fsp3) is 0.938. The number of carbonyl (C=O) groups is 1. The van der Waals surface area contributed by atoms with Gasteiger partial charge in [0.15, 0.2) is 0 Å². The number of carbonyl (C=O) groups excluding carboxylic acids is 1. The second-order valence-corrected chi connectivity index (χ2v) is 6.54. The predicted octanol–water partition coefficient (Wildman–Crippen LogP) is 1.22. The molecule has 1 saturated heterocycles. The summed E-state index contributed by atoms with van der Waals surface area (Å²) in [6.45, 7) is 2.01. The molecular formula is C16H31N3O2. The summed E-state index contributed by atoms with van der Waals surface area (Å²) in [4.78, 5) is 16.8. The fourth-order valence-corrected chi connectivity index (χ4v) is 3.69. The van der Waals surface area contributed by atoms with Crippen molar-refractivity contribution in [2.75, 3.05) is 33.8 Å². The van der Waals surface area contributed by atoms with E-state index in [1.807, 2.05) is 11.9 Å². The van der Waals surface area contributed by atoms with Gasteiger partial charge in [0.1, 0.15) is 0 Å². The highest BCUT2D eigenvalue weighted by Crippen LogP contribution is 2.23. The first-order chi connectivity index (χ1) is 10.2. The van der Waals surface area contributed by atoms with Crippen molar-refractivity contribution in [3.8, 4) is 0 Å². The van der Waals surface area contributed by atoms with Gasteiger partial charge in [-0.25, -0.2) is 0 Å². The average molecular weight is 297 g/mol. The molecule has 0 bridgehead atoms. The fourth-order valence-electron chi connectivity index (χ4n) is 3.69. The molecule has 5 nitrogen and oxygen atoms in total. The smallest absolute Gasteiger partial charge is 0.236 e. The molecule has 2 fully saturated rings. The highest BCUT2D eigenvalue weighted by atomic mass is 16.5. The average Bonchev–Trinajstić information content (AvgIpc) is 2.55. The molecule has 2 aliphatic rings. The third kappa shape index (κ3) is 4.41. The van der Waals surface area contributed by atoms with Gasteiger partial charge in [0.25, 0.3) is 0 Å². The highest BCUT2D eigenvalue weighted by Gasteiger charge is 2.30. The van der Waals surface area contributed by atoms with E-state index in [4.69, 9.17) is 10.5 Å². The molecule has 1 aliphatic heterocycles. The molecular weight excluding hydrogens is 266 g/mol. The number of methoxy groups -OCH3 is 1. The summed E-state index contributed by atoms with van der Waals surface area (Å²) < 4.78 is 5.44. The lowest BCUT2D eigenvalue weighted by Crippen LogP contribution is -2.53. The van der Waals surface area contributed by atoms with Crippen LogP contribution in [-0.4, -0.2) is 67.7 Å². The number of ether oxygens (including phenoxy) is 1. The maximum Gasteiger partial charge on any atom is 0.236 e. The number of amides is 1. The zero-order valence-electron chi connectivity index (χ0n) is 13.6. The normalized spacial score (nSPS) is 28.5. The van der Waals surface area contributed by atoms with E-state index in [1.165, 1.54) is 19.3 Å². The number of likely N-dealkylation sites (N-methyl/N-ethyl adjacent to an activating group) is 1. The van der Waals surface area contributed by atoms with Gasteiger partial charge in [-0.15, -0.1) is 0 Å². The van der Waals surface area contributed by atoms with Crippen molar-refractivity contribution in [1.82, 2.24) is 9.80 Å². The number of piperidine rings is 1. The van der Waals surface area contributed by atoms with Crippen molar-refractivity contribution in [2.45, 2.75) is 63.1 Å². The molecule has 21 heavy (non-hydrogen) atoms. The summed E-state index contributed by atoms with van der Waals surface area (Å²) in [5, 5.41) is 0. The standard InChI is InChI=1S/C16H31N3O2/c1-18(13-6-4-3-5-7-13)16(20)12-19-9-8-15(21-2)10-14(19)11-17/h13-15H,3-12,17H2,1-2H3. The van der Waals surface area contributed by atoms with Crippen LogP contribution in [0.2, 0.25) is 0 Å². The molecule has 0 aromatic rings. The third-order valence-electron chi connectivity index (χ3n) is 5.25. The van der Waals surface area contributed by atoms with Gasteiger partial charge in [-0.05, 0) is 25.7 Å². The molecule has 5 heteroatoms. The van der Waals surface area contributed by atoms with Crippen LogP contribution in [0, 0.1) is 0 Å². The van der Waals surface area contributed by atoms with Gasteiger partial charge in [-0.3, -0.25) is 9.69 Å². The van der Waals surface area contributed by atoms with Crippen LogP contribution < -0.4 is 5.73 Å². The molecule has 0 aromatic heterocycles. The van der Waals surface area contributed by atoms with Crippen molar-refractivity contribution in [3.63, 3.8) is 0 Å². The number of nitrogens with zero attached hydrogens (tertiary/aromatic N) is 2. The van der Waals surface area contributed by atoms with Gasteiger partial charge < -0.3 is 15.4 Å². The van der Waals surface area contributed by atoms with E-state index >= 15 is 0 Å². The van der Waals surface area contributed by atoms with E-state index in [0.29, 0.717) is 25.2 Å². The van der Waals surface area contributed by atoms with Gasteiger partial charge >= 0.3 is 0 Å². The Balaban J connectivity index is 1.85. The number of hydrogen-bond acceptors (Lipinski definition) is 4. The first-order valence-electron chi connectivity index (χ1n) is 8.38. The van der Waals surface area contributed by atoms with Gasteiger partial charge in [-0.1, -0.05) is 19.3 Å². The second-order valence-electron chi connectivity index (χ2n) is 6.54. The summed E-state index contributed by atoms with van der Waals surface area (Å²) in [5.41, 5.74) is 5.88. The first-order valence-corrected chi connectivity index (χ1v) is 8.38. The number of hydrogen-bond donors (Lipinski definition) is 1. The van der Waals surface area contributed by atoms with E-state index in [1.54, 1.807) is 7.11 Å². The van der Waals surface area contributed by atoms with Crippen molar-refractivity contribution >= 4 is 5.91 Å². The molecule has 122 valence electrons. The molecule has 1 heterocycles. The maximum absolute atomic E-state index is 12.5. The molecule has 1 saturated carbocycles. The van der Waals surface area contributed by atoms with Crippen LogP contribution in [0.25, 0.3) is 0 Å². The minimum absolute atomic E-state index is 0.246. The number of likely N-dealkylation sites (tertiary alicyclic amines) is 1. The molecule has 1 aliphatic carbocycles. The molecule has 2 atom stereocenters.